The Bertz CT molecular complexity index is 967. The minimum absolute atomic E-state index is 0.164. The molecule has 2 amide bonds. The molecule has 0 spiro atoms. The van der Waals surface area contributed by atoms with E-state index in [0.29, 0.717) is 24.2 Å². The van der Waals surface area contributed by atoms with Crippen molar-refractivity contribution in [3.05, 3.63) is 60.1 Å². The number of carbonyl (C=O) groups is 2. The van der Waals surface area contributed by atoms with Crippen LogP contribution in [-0.2, 0) is 16.1 Å². The zero-order chi connectivity index (χ0) is 22.1. The second kappa shape index (κ2) is 8.20. The van der Waals surface area contributed by atoms with E-state index in [2.05, 4.69) is 4.99 Å². The molecular formula is C22H22F3N3O3. The molecule has 1 aliphatic heterocycles. The van der Waals surface area contributed by atoms with E-state index in [4.69, 9.17) is 4.42 Å². The average molecular weight is 433 g/mol. The Hall–Kier alpha value is -3.10. The van der Waals surface area contributed by atoms with Crippen LogP contribution in [0.25, 0.3) is 0 Å². The minimum atomic E-state index is -5.12. The van der Waals surface area contributed by atoms with Gasteiger partial charge in [0, 0.05) is 11.5 Å². The number of halogens is 3. The van der Waals surface area contributed by atoms with Crippen molar-refractivity contribution < 1.29 is 27.2 Å². The van der Waals surface area contributed by atoms with Crippen LogP contribution in [0.15, 0.2) is 58.1 Å². The van der Waals surface area contributed by atoms with Crippen molar-refractivity contribution in [3.63, 3.8) is 0 Å². The maximum absolute atomic E-state index is 14.3. The Balaban J connectivity index is 1.75. The van der Waals surface area contributed by atoms with E-state index in [1.807, 2.05) is 5.32 Å². The van der Waals surface area contributed by atoms with Crippen molar-refractivity contribution in [2.45, 2.75) is 50.5 Å². The second-order valence-electron chi connectivity index (χ2n) is 7.80. The number of nitrogens with zero attached hydrogens (tertiary/aromatic N) is 2. The molecule has 4 rings (SSSR count). The molecule has 2 heterocycles. The van der Waals surface area contributed by atoms with Gasteiger partial charge in [-0.2, -0.15) is 13.2 Å². The summed E-state index contributed by atoms with van der Waals surface area (Å²) in [6, 6.07) is 11.3. The summed E-state index contributed by atoms with van der Waals surface area (Å²) in [6.07, 6.45) is -0.259. The van der Waals surface area contributed by atoms with Gasteiger partial charge in [-0.25, -0.2) is 4.99 Å². The standard InChI is InChI=1S/C22H22F3N3O3/c23-22(24,25)21(27-19(29)16-10-5-2-6-11-16)20(30)28(14-17-12-7-13-31-17)18(26-21)15-8-3-1-4-9-15/h1,3-4,7-9,12-13,16H,2,5-6,10-11,14H2,(H,27,29)/t21-/m1/s1. The maximum atomic E-state index is 14.3. The first-order valence-corrected chi connectivity index (χ1v) is 10.2. The molecule has 0 radical (unpaired) electrons. The molecular weight excluding hydrogens is 411 g/mol. The van der Waals surface area contributed by atoms with Crippen molar-refractivity contribution >= 4 is 17.6 Å². The Labute approximate surface area is 177 Å². The van der Waals surface area contributed by atoms with E-state index < -0.39 is 29.6 Å². The summed E-state index contributed by atoms with van der Waals surface area (Å²) < 4.78 is 48.3. The zero-order valence-corrected chi connectivity index (χ0v) is 16.7. The van der Waals surface area contributed by atoms with Crippen molar-refractivity contribution in [1.29, 1.82) is 0 Å². The van der Waals surface area contributed by atoms with Crippen LogP contribution in [0.2, 0.25) is 0 Å². The van der Waals surface area contributed by atoms with Crippen molar-refractivity contribution in [3.8, 4) is 0 Å². The monoisotopic (exact) mass is 433 g/mol. The van der Waals surface area contributed by atoms with Crippen LogP contribution in [0.3, 0.4) is 0 Å². The lowest BCUT2D eigenvalue weighted by atomic mass is 9.88. The number of hydrogen-bond acceptors (Lipinski definition) is 4. The van der Waals surface area contributed by atoms with Crippen LogP contribution >= 0.6 is 0 Å². The highest BCUT2D eigenvalue weighted by Crippen LogP contribution is 2.39. The van der Waals surface area contributed by atoms with Crippen LogP contribution in [0.5, 0.6) is 0 Å². The van der Waals surface area contributed by atoms with E-state index in [-0.39, 0.29) is 12.4 Å². The highest BCUT2D eigenvalue weighted by atomic mass is 19.4. The van der Waals surface area contributed by atoms with Gasteiger partial charge < -0.3 is 9.73 Å². The van der Waals surface area contributed by atoms with Crippen LogP contribution in [0, 0.1) is 5.92 Å². The first kappa shape index (κ1) is 21.1. The van der Waals surface area contributed by atoms with Gasteiger partial charge in [-0.15, -0.1) is 0 Å². The highest BCUT2D eigenvalue weighted by Gasteiger charge is 2.67. The lowest BCUT2D eigenvalue weighted by Crippen LogP contribution is -2.64. The highest BCUT2D eigenvalue weighted by molar-refractivity contribution is 6.16. The molecule has 164 valence electrons. The summed E-state index contributed by atoms with van der Waals surface area (Å²) >= 11 is 0. The molecule has 2 aliphatic rings. The number of benzene rings is 1. The Morgan fingerprint density at radius 1 is 1.13 bits per heavy atom. The molecule has 31 heavy (non-hydrogen) atoms. The molecule has 1 aromatic heterocycles. The zero-order valence-electron chi connectivity index (χ0n) is 16.7. The number of amidine groups is 1. The Morgan fingerprint density at radius 3 is 2.45 bits per heavy atom. The fraction of sp³-hybridized carbons (Fsp3) is 0.409. The van der Waals surface area contributed by atoms with Crippen LogP contribution < -0.4 is 5.32 Å². The number of aliphatic imine (C=N–C) groups is 1. The molecule has 9 heteroatoms. The second-order valence-corrected chi connectivity index (χ2v) is 7.80. The number of carbonyl (C=O) groups excluding carboxylic acids is 2. The molecule has 1 saturated carbocycles. The average Bonchev–Trinajstić information content (AvgIpc) is 3.37. The maximum Gasteiger partial charge on any atom is 0.442 e. The molecule has 0 unspecified atom stereocenters. The van der Waals surface area contributed by atoms with Crippen LogP contribution in [-0.4, -0.2) is 34.4 Å². The molecule has 0 bridgehead atoms. The molecule has 1 aliphatic carbocycles. The van der Waals surface area contributed by atoms with E-state index in [9.17, 15) is 22.8 Å². The molecule has 1 atom stereocenters. The third kappa shape index (κ3) is 3.96. The number of alkyl halides is 3. The van der Waals surface area contributed by atoms with Gasteiger partial charge in [-0.05, 0) is 25.0 Å². The van der Waals surface area contributed by atoms with Crippen molar-refractivity contribution in [2.24, 2.45) is 10.9 Å². The predicted octanol–water partition coefficient (Wildman–Crippen LogP) is 4.02. The summed E-state index contributed by atoms with van der Waals surface area (Å²) in [5.41, 5.74) is -3.03. The lowest BCUT2D eigenvalue weighted by Gasteiger charge is -2.31. The molecule has 1 N–H and O–H groups in total. The minimum Gasteiger partial charge on any atom is -0.467 e. The molecule has 1 aromatic carbocycles. The summed E-state index contributed by atoms with van der Waals surface area (Å²) in [4.78, 5) is 30.7. The predicted molar refractivity (Wildman–Crippen MR) is 106 cm³/mol. The smallest absolute Gasteiger partial charge is 0.442 e. The van der Waals surface area contributed by atoms with Crippen LogP contribution in [0.4, 0.5) is 13.2 Å². The number of hydrogen-bond donors (Lipinski definition) is 1. The molecule has 2 aromatic rings. The van der Waals surface area contributed by atoms with Gasteiger partial charge in [0.15, 0.2) is 0 Å². The first-order chi connectivity index (χ1) is 14.8. The van der Waals surface area contributed by atoms with E-state index in [1.165, 1.54) is 6.26 Å². The van der Waals surface area contributed by atoms with Gasteiger partial charge >= 0.3 is 11.8 Å². The van der Waals surface area contributed by atoms with Gasteiger partial charge in [-0.3, -0.25) is 14.5 Å². The lowest BCUT2D eigenvalue weighted by molar-refractivity contribution is -0.201. The van der Waals surface area contributed by atoms with E-state index in [0.717, 1.165) is 24.2 Å². The fourth-order valence-electron chi connectivity index (χ4n) is 4.05. The van der Waals surface area contributed by atoms with Gasteiger partial charge in [-0.1, -0.05) is 49.6 Å². The first-order valence-electron chi connectivity index (χ1n) is 10.2. The van der Waals surface area contributed by atoms with Crippen molar-refractivity contribution in [1.82, 2.24) is 10.2 Å². The molecule has 6 nitrogen and oxygen atoms in total. The SMILES string of the molecule is O=C(N[C@]1(C(F)(F)F)N=C(c2ccccc2)N(Cc2ccco2)C1=O)C1CCCCC1. The number of amides is 2. The summed E-state index contributed by atoms with van der Waals surface area (Å²) in [5, 5.41) is 1.99. The number of nitrogens with one attached hydrogen (secondary N) is 1. The van der Waals surface area contributed by atoms with E-state index >= 15 is 0 Å². The van der Waals surface area contributed by atoms with Gasteiger partial charge in [0.25, 0.3) is 5.91 Å². The summed E-state index contributed by atoms with van der Waals surface area (Å²) in [6.45, 7) is -0.239. The quantitative estimate of drug-likeness (QED) is 0.774. The third-order valence-corrected chi connectivity index (χ3v) is 5.70. The Kier molecular flexibility index (Phi) is 5.60. The summed E-state index contributed by atoms with van der Waals surface area (Å²) in [5.74, 6) is -2.56. The van der Waals surface area contributed by atoms with Gasteiger partial charge in [0.1, 0.15) is 11.6 Å². The number of rotatable bonds is 5. The topological polar surface area (TPSA) is 74.9 Å². The number of furan rings is 1. The largest absolute Gasteiger partial charge is 0.467 e. The van der Waals surface area contributed by atoms with E-state index in [1.54, 1.807) is 42.5 Å². The Morgan fingerprint density at radius 2 is 1.84 bits per heavy atom. The third-order valence-electron chi connectivity index (χ3n) is 5.70. The van der Waals surface area contributed by atoms with Crippen LogP contribution in [0.1, 0.15) is 43.4 Å². The van der Waals surface area contributed by atoms with Gasteiger partial charge in [0.05, 0.1) is 12.8 Å². The fourth-order valence-corrected chi connectivity index (χ4v) is 4.05. The molecule has 0 saturated heterocycles. The molecule has 1 fully saturated rings. The van der Waals surface area contributed by atoms with Crippen molar-refractivity contribution in [2.75, 3.05) is 0 Å². The van der Waals surface area contributed by atoms with Gasteiger partial charge in [0.2, 0.25) is 5.91 Å². The normalized spacial score (nSPS) is 22.5. The summed E-state index contributed by atoms with van der Waals surface area (Å²) in [7, 11) is 0.